The van der Waals surface area contributed by atoms with E-state index in [0.717, 1.165) is 5.56 Å². The number of methoxy groups -OCH3 is 1. The van der Waals surface area contributed by atoms with Crippen LogP contribution < -0.4 is 10.2 Å². The Kier molecular flexibility index (Phi) is 8.11. The molecule has 2 aliphatic heterocycles. The Hall–Kier alpha value is -3.79. The van der Waals surface area contributed by atoms with Crippen molar-refractivity contribution in [2.24, 2.45) is 0 Å². The molecular weight excluding hydrogens is 494 g/mol. The minimum Gasteiger partial charge on any atom is -0.494 e. The number of halogens is 2. The summed E-state index contributed by atoms with van der Waals surface area (Å²) in [6.07, 6.45) is 1.45. The number of benzene rings is 2. The Labute approximate surface area is 221 Å². The third kappa shape index (κ3) is 6.74. The number of nitrogens with one attached hydrogen (secondary N) is 1. The molecule has 1 saturated heterocycles. The third-order valence-electron chi connectivity index (χ3n) is 6.25. The van der Waals surface area contributed by atoms with Crippen LogP contribution in [-0.4, -0.2) is 71.4 Å². The molecule has 2 N–H and O–H groups in total. The van der Waals surface area contributed by atoms with Crippen molar-refractivity contribution in [1.29, 1.82) is 0 Å². The molecule has 1 amide bonds. The van der Waals surface area contributed by atoms with Gasteiger partial charge in [-0.3, -0.25) is 15.3 Å². The first-order chi connectivity index (χ1) is 18.0. The Morgan fingerprint density at radius 1 is 1.03 bits per heavy atom. The van der Waals surface area contributed by atoms with Crippen LogP contribution in [0.5, 0.6) is 5.75 Å². The number of nitrogens with zero attached hydrogens (tertiary/aromatic N) is 3. The lowest BCUT2D eigenvalue weighted by Crippen LogP contribution is -2.50. The van der Waals surface area contributed by atoms with E-state index in [-0.39, 0.29) is 30.1 Å². The zero-order valence-electron chi connectivity index (χ0n) is 22.1. The van der Waals surface area contributed by atoms with Crippen LogP contribution in [0.2, 0.25) is 0 Å². The molecule has 10 heteroatoms. The average Bonchev–Trinajstić information content (AvgIpc) is 2.87. The number of rotatable bonds is 6. The first kappa shape index (κ1) is 27.3. The van der Waals surface area contributed by atoms with Gasteiger partial charge in [0.25, 0.3) is 0 Å². The minimum absolute atomic E-state index is 0.0154. The third-order valence-corrected chi connectivity index (χ3v) is 6.25. The lowest BCUT2D eigenvalue weighted by Gasteiger charge is -2.37. The molecule has 204 valence electrons. The first-order valence-electron chi connectivity index (χ1n) is 12.5. The second-order valence-corrected chi connectivity index (χ2v) is 10.3. The van der Waals surface area contributed by atoms with Gasteiger partial charge in [0.05, 0.1) is 19.4 Å². The molecule has 2 aromatic rings. The SMILES string of the molecule is COc1ccc(C2=CC(CN3CCN(C(=O)OC(C)(C)C)CC3)=C(O)N(Cc3ccc(F)cc3)N2)cc1F. The maximum Gasteiger partial charge on any atom is 0.410 e. The Bertz CT molecular complexity index is 1220. The van der Waals surface area contributed by atoms with Gasteiger partial charge in [0.15, 0.2) is 11.6 Å². The van der Waals surface area contributed by atoms with Crippen molar-refractivity contribution in [3.63, 3.8) is 0 Å². The molecular formula is C28H34F2N4O4. The zero-order valence-corrected chi connectivity index (χ0v) is 22.1. The van der Waals surface area contributed by atoms with Gasteiger partial charge in [-0.25, -0.2) is 13.6 Å². The second-order valence-electron chi connectivity index (χ2n) is 10.3. The summed E-state index contributed by atoms with van der Waals surface area (Å²) in [5.41, 5.74) is 5.17. The molecule has 2 aromatic carbocycles. The van der Waals surface area contributed by atoms with Crippen molar-refractivity contribution < 1.29 is 28.2 Å². The summed E-state index contributed by atoms with van der Waals surface area (Å²) in [5, 5.41) is 12.7. The molecule has 0 radical (unpaired) electrons. The summed E-state index contributed by atoms with van der Waals surface area (Å²) < 4.78 is 38.4. The van der Waals surface area contributed by atoms with Gasteiger partial charge >= 0.3 is 6.09 Å². The van der Waals surface area contributed by atoms with Crippen LogP contribution in [0.3, 0.4) is 0 Å². The maximum atomic E-state index is 14.5. The van der Waals surface area contributed by atoms with Crippen molar-refractivity contribution in [2.75, 3.05) is 39.8 Å². The summed E-state index contributed by atoms with van der Waals surface area (Å²) in [6, 6.07) is 10.7. The molecule has 0 aliphatic carbocycles. The van der Waals surface area contributed by atoms with E-state index in [4.69, 9.17) is 9.47 Å². The first-order valence-corrected chi connectivity index (χ1v) is 12.5. The van der Waals surface area contributed by atoms with E-state index >= 15 is 0 Å². The number of hydrazine groups is 1. The number of hydrogen-bond acceptors (Lipinski definition) is 7. The van der Waals surface area contributed by atoms with E-state index in [1.807, 2.05) is 20.8 Å². The number of carbonyl (C=O) groups excluding carboxylic acids is 1. The smallest absolute Gasteiger partial charge is 0.410 e. The zero-order chi connectivity index (χ0) is 27.4. The highest BCUT2D eigenvalue weighted by molar-refractivity contribution is 5.69. The van der Waals surface area contributed by atoms with Gasteiger partial charge in [0.2, 0.25) is 5.88 Å². The topological polar surface area (TPSA) is 77.5 Å². The number of aliphatic hydroxyl groups is 1. The van der Waals surface area contributed by atoms with Gasteiger partial charge in [0, 0.05) is 43.9 Å². The lowest BCUT2D eigenvalue weighted by molar-refractivity contribution is 0.0150. The standard InChI is InChI=1S/C28H34F2N4O4/c1-28(2,3)38-27(36)33-13-11-32(12-14-33)18-21-16-24(20-7-10-25(37-4)23(30)15-20)31-34(26(21)35)17-19-5-8-22(29)9-6-19/h5-10,15-16,31,35H,11-14,17-18H2,1-4H3. The van der Waals surface area contributed by atoms with E-state index in [2.05, 4.69) is 10.3 Å². The second kappa shape index (κ2) is 11.3. The molecule has 2 aliphatic rings. The summed E-state index contributed by atoms with van der Waals surface area (Å²) >= 11 is 0. The van der Waals surface area contributed by atoms with Gasteiger partial charge in [-0.2, -0.15) is 0 Å². The van der Waals surface area contributed by atoms with E-state index in [0.29, 0.717) is 49.6 Å². The Morgan fingerprint density at radius 3 is 2.32 bits per heavy atom. The number of amides is 1. The van der Waals surface area contributed by atoms with Crippen molar-refractivity contribution >= 4 is 11.8 Å². The number of aliphatic hydroxyl groups excluding tert-OH is 1. The minimum atomic E-state index is -0.559. The van der Waals surface area contributed by atoms with Crippen LogP contribution in [0.4, 0.5) is 13.6 Å². The molecule has 0 saturated carbocycles. The highest BCUT2D eigenvalue weighted by Gasteiger charge is 2.28. The fraction of sp³-hybridized carbons (Fsp3) is 0.393. The molecule has 2 heterocycles. The van der Waals surface area contributed by atoms with Crippen LogP contribution in [0, 0.1) is 11.6 Å². The molecule has 0 spiro atoms. The molecule has 8 nitrogen and oxygen atoms in total. The van der Waals surface area contributed by atoms with Crippen LogP contribution >= 0.6 is 0 Å². The number of piperazine rings is 1. The van der Waals surface area contributed by atoms with Crippen molar-refractivity contribution in [3.8, 4) is 5.75 Å². The lowest BCUT2D eigenvalue weighted by atomic mass is 10.1. The quantitative estimate of drug-likeness (QED) is 0.565. The number of ether oxygens (including phenoxy) is 2. The van der Waals surface area contributed by atoms with E-state index in [1.54, 1.807) is 40.3 Å². The predicted octanol–water partition coefficient (Wildman–Crippen LogP) is 4.66. The number of carbonyl (C=O) groups is 1. The summed E-state index contributed by atoms with van der Waals surface area (Å²) in [4.78, 5) is 16.2. The fourth-order valence-corrected chi connectivity index (χ4v) is 4.28. The maximum absolute atomic E-state index is 14.5. The fourth-order valence-electron chi connectivity index (χ4n) is 4.28. The molecule has 0 aromatic heterocycles. The van der Waals surface area contributed by atoms with Gasteiger partial charge in [-0.15, -0.1) is 0 Å². The monoisotopic (exact) mass is 528 g/mol. The van der Waals surface area contributed by atoms with Gasteiger partial charge in [-0.1, -0.05) is 12.1 Å². The Morgan fingerprint density at radius 2 is 1.71 bits per heavy atom. The number of hydrogen-bond donors (Lipinski definition) is 2. The normalized spacial score (nSPS) is 16.7. The molecule has 38 heavy (non-hydrogen) atoms. The van der Waals surface area contributed by atoms with E-state index in [9.17, 15) is 18.7 Å². The summed E-state index contributed by atoms with van der Waals surface area (Å²) in [6.45, 7) is 8.37. The van der Waals surface area contributed by atoms with E-state index < -0.39 is 11.4 Å². The van der Waals surface area contributed by atoms with E-state index in [1.165, 1.54) is 25.3 Å². The molecule has 1 fully saturated rings. The van der Waals surface area contributed by atoms with Crippen LogP contribution in [0.15, 0.2) is 60.0 Å². The molecule has 0 unspecified atom stereocenters. The van der Waals surface area contributed by atoms with Crippen molar-refractivity contribution in [3.05, 3.63) is 82.8 Å². The highest BCUT2D eigenvalue weighted by Crippen LogP contribution is 2.28. The molecule has 4 rings (SSSR count). The summed E-state index contributed by atoms with van der Waals surface area (Å²) in [5.74, 6) is -0.701. The average molecular weight is 529 g/mol. The van der Waals surface area contributed by atoms with Crippen LogP contribution in [-0.2, 0) is 11.3 Å². The predicted molar refractivity (Wildman–Crippen MR) is 140 cm³/mol. The van der Waals surface area contributed by atoms with Crippen molar-refractivity contribution in [1.82, 2.24) is 20.2 Å². The van der Waals surface area contributed by atoms with Crippen LogP contribution in [0.1, 0.15) is 31.9 Å². The Balaban J connectivity index is 1.54. The largest absolute Gasteiger partial charge is 0.494 e. The van der Waals surface area contributed by atoms with Gasteiger partial charge in [0.1, 0.15) is 11.4 Å². The van der Waals surface area contributed by atoms with Crippen LogP contribution in [0.25, 0.3) is 5.70 Å². The van der Waals surface area contributed by atoms with Gasteiger partial charge in [-0.05, 0) is 62.7 Å². The van der Waals surface area contributed by atoms with Crippen molar-refractivity contribution in [2.45, 2.75) is 32.9 Å². The summed E-state index contributed by atoms with van der Waals surface area (Å²) in [7, 11) is 1.40. The molecule has 0 atom stereocenters. The highest BCUT2D eigenvalue weighted by atomic mass is 19.1. The molecule has 0 bridgehead atoms. The van der Waals surface area contributed by atoms with Gasteiger partial charge < -0.3 is 19.5 Å².